The van der Waals surface area contributed by atoms with Crippen molar-refractivity contribution in [2.75, 3.05) is 13.7 Å². The SMILES string of the molecule is Cc1nc(CN(C)[C@H](CO)c2cccc(F)c2)sc1C. The van der Waals surface area contributed by atoms with Crippen molar-refractivity contribution in [3.05, 3.63) is 51.2 Å². The van der Waals surface area contributed by atoms with Gasteiger partial charge < -0.3 is 5.11 Å². The monoisotopic (exact) mass is 294 g/mol. The number of rotatable bonds is 5. The molecular weight excluding hydrogens is 275 g/mol. The zero-order valence-electron chi connectivity index (χ0n) is 11.9. The summed E-state index contributed by atoms with van der Waals surface area (Å²) >= 11 is 1.66. The van der Waals surface area contributed by atoms with Crippen molar-refractivity contribution < 1.29 is 9.50 Å². The highest BCUT2D eigenvalue weighted by Crippen LogP contribution is 2.24. The number of likely N-dealkylation sites (N-methyl/N-ethyl adjacent to an activating group) is 1. The summed E-state index contributed by atoms with van der Waals surface area (Å²) in [6, 6.07) is 6.15. The van der Waals surface area contributed by atoms with E-state index in [1.54, 1.807) is 17.4 Å². The lowest BCUT2D eigenvalue weighted by molar-refractivity contribution is 0.142. The Hall–Kier alpha value is -1.30. The normalized spacial score (nSPS) is 12.9. The second-order valence-corrected chi connectivity index (χ2v) is 6.21. The first-order valence-electron chi connectivity index (χ1n) is 6.50. The third kappa shape index (κ3) is 3.42. The zero-order chi connectivity index (χ0) is 14.7. The molecule has 1 N–H and O–H groups in total. The highest BCUT2D eigenvalue weighted by molar-refractivity contribution is 7.11. The Bertz CT molecular complexity index is 566. The summed E-state index contributed by atoms with van der Waals surface area (Å²) in [7, 11) is 1.91. The Morgan fingerprint density at radius 3 is 2.70 bits per heavy atom. The molecule has 0 saturated heterocycles. The van der Waals surface area contributed by atoms with Crippen molar-refractivity contribution in [1.29, 1.82) is 0 Å². The second kappa shape index (κ2) is 6.43. The van der Waals surface area contributed by atoms with Crippen LogP contribution in [0.15, 0.2) is 24.3 Å². The second-order valence-electron chi connectivity index (χ2n) is 4.92. The minimum Gasteiger partial charge on any atom is -0.394 e. The van der Waals surface area contributed by atoms with Crippen LogP contribution in [0.25, 0.3) is 0 Å². The van der Waals surface area contributed by atoms with Crippen LogP contribution in [-0.4, -0.2) is 28.6 Å². The number of aliphatic hydroxyl groups is 1. The van der Waals surface area contributed by atoms with Crippen LogP contribution < -0.4 is 0 Å². The Kier molecular flexibility index (Phi) is 4.86. The summed E-state index contributed by atoms with van der Waals surface area (Å²) in [6.45, 7) is 4.63. The Balaban J connectivity index is 2.15. The molecule has 0 bridgehead atoms. The third-order valence-electron chi connectivity index (χ3n) is 3.40. The molecule has 0 aliphatic rings. The predicted octanol–water partition coefficient (Wildman–Crippen LogP) is 3.06. The van der Waals surface area contributed by atoms with Crippen LogP contribution >= 0.6 is 11.3 Å². The van der Waals surface area contributed by atoms with Gasteiger partial charge in [0, 0.05) is 4.88 Å². The van der Waals surface area contributed by atoms with Gasteiger partial charge >= 0.3 is 0 Å². The van der Waals surface area contributed by atoms with Crippen molar-refractivity contribution in [2.45, 2.75) is 26.4 Å². The maximum absolute atomic E-state index is 13.3. The minimum absolute atomic E-state index is 0.0523. The van der Waals surface area contributed by atoms with E-state index in [9.17, 15) is 9.50 Å². The van der Waals surface area contributed by atoms with Crippen LogP contribution in [0.1, 0.15) is 27.2 Å². The van der Waals surface area contributed by atoms with Gasteiger partial charge in [-0.3, -0.25) is 4.90 Å². The highest BCUT2D eigenvalue weighted by atomic mass is 32.1. The van der Waals surface area contributed by atoms with Crippen molar-refractivity contribution in [1.82, 2.24) is 9.88 Å². The minimum atomic E-state index is -0.282. The number of aliphatic hydroxyl groups excluding tert-OH is 1. The van der Waals surface area contributed by atoms with E-state index in [0.29, 0.717) is 6.54 Å². The molecule has 1 heterocycles. The van der Waals surface area contributed by atoms with E-state index >= 15 is 0 Å². The van der Waals surface area contributed by atoms with E-state index in [-0.39, 0.29) is 18.5 Å². The molecule has 1 aromatic heterocycles. The van der Waals surface area contributed by atoms with Crippen molar-refractivity contribution in [3.63, 3.8) is 0 Å². The smallest absolute Gasteiger partial charge is 0.123 e. The van der Waals surface area contributed by atoms with E-state index in [2.05, 4.69) is 4.98 Å². The third-order valence-corrected chi connectivity index (χ3v) is 4.45. The van der Waals surface area contributed by atoms with Crippen LogP contribution in [0.2, 0.25) is 0 Å². The quantitative estimate of drug-likeness (QED) is 0.920. The first-order chi connectivity index (χ1) is 9.51. The highest BCUT2D eigenvalue weighted by Gasteiger charge is 2.18. The zero-order valence-corrected chi connectivity index (χ0v) is 12.7. The van der Waals surface area contributed by atoms with Gasteiger partial charge in [0.2, 0.25) is 0 Å². The number of halogens is 1. The van der Waals surface area contributed by atoms with E-state index < -0.39 is 0 Å². The lowest BCUT2D eigenvalue weighted by atomic mass is 10.1. The van der Waals surface area contributed by atoms with Gasteiger partial charge in [-0.25, -0.2) is 9.37 Å². The average molecular weight is 294 g/mol. The molecule has 2 rings (SSSR count). The summed E-state index contributed by atoms with van der Waals surface area (Å²) in [4.78, 5) is 7.70. The van der Waals surface area contributed by atoms with Gasteiger partial charge in [-0.1, -0.05) is 12.1 Å². The molecule has 0 aliphatic carbocycles. The number of thiazole rings is 1. The molecule has 1 aromatic carbocycles. The molecule has 0 spiro atoms. The van der Waals surface area contributed by atoms with Gasteiger partial charge in [-0.15, -0.1) is 11.3 Å². The number of aryl methyl sites for hydroxylation is 2. The van der Waals surface area contributed by atoms with Crippen LogP contribution in [0, 0.1) is 19.7 Å². The van der Waals surface area contributed by atoms with E-state index in [1.165, 1.54) is 17.0 Å². The van der Waals surface area contributed by atoms with E-state index in [0.717, 1.165) is 16.3 Å². The molecule has 1 atom stereocenters. The summed E-state index contributed by atoms with van der Waals surface area (Å²) in [6.07, 6.45) is 0. The fourth-order valence-electron chi connectivity index (χ4n) is 2.14. The van der Waals surface area contributed by atoms with Gasteiger partial charge in [-0.05, 0) is 38.6 Å². The first kappa shape index (κ1) is 15.1. The number of aromatic nitrogens is 1. The Labute approximate surface area is 122 Å². The first-order valence-corrected chi connectivity index (χ1v) is 7.32. The fraction of sp³-hybridized carbons (Fsp3) is 0.400. The molecule has 3 nitrogen and oxygen atoms in total. The number of nitrogens with zero attached hydrogens (tertiary/aromatic N) is 2. The summed E-state index contributed by atoms with van der Waals surface area (Å²) in [5, 5.41) is 10.6. The Morgan fingerprint density at radius 1 is 1.40 bits per heavy atom. The van der Waals surface area contributed by atoms with Gasteiger partial charge in [0.15, 0.2) is 0 Å². The molecular formula is C15H19FN2OS. The largest absolute Gasteiger partial charge is 0.394 e. The molecule has 5 heteroatoms. The lowest BCUT2D eigenvalue weighted by Gasteiger charge is -2.26. The van der Waals surface area contributed by atoms with E-state index in [1.807, 2.05) is 31.9 Å². The fourth-order valence-corrected chi connectivity index (χ4v) is 3.14. The number of hydrogen-bond acceptors (Lipinski definition) is 4. The van der Waals surface area contributed by atoms with Crippen LogP contribution in [0.3, 0.4) is 0 Å². The average Bonchev–Trinajstić information content (AvgIpc) is 2.69. The van der Waals surface area contributed by atoms with Crippen LogP contribution in [0.4, 0.5) is 4.39 Å². The maximum atomic E-state index is 13.3. The molecule has 0 aliphatic heterocycles. The number of benzene rings is 1. The van der Waals surface area contributed by atoms with Crippen molar-refractivity contribution >= 4 is 11.3 Å². The van der Waals surface area contributed by atoms with Crippen molar-refractivity contribution in [3.8, 4) is 0 Å². The van der Waals surface area contributed by atoms with Crippen LogP contribution in [-0.2, 0) is 6.54 Å². The number of hydrogen-bond donors (Lipinski definition) is 1. The molecule has 0 unspecified atom stereocenters. The molecule has 20 heavy (non-hydrogen) atoms. The maximum Gasteiger partial charge on any atom is 0.123 e. The van der Waals surface area contributed by atoms with Crippen molar-refractivity contribution in [2.24, 2.45) is 0 Å². The molecule has 108 valence electrons. The molecule has 0 radical (unpaired) electrons. The Morgan fingerprint density at radius 2 is 2.15 bits per heavy atom. The van der Waals surface area contributed by atoms with E-state index in [4.69, 9.17) is 0 Å². The standard InChI is InChI=1S/C15H19FN2OS/c1-10-11(2)20-15(17-10)8-18(3)14(9-19)12-5-4-6-13(16)7-12/h4-7,14,19H,8-9H2,1-3H3/t14-/m1/s1. The predicted molar refractivity (Wildman–Crippen MR) is 79.3 cm³/mol. The summed E-state index contributed by atoms with van der Waals surface area (Å²) in [5.41, 5.74) is 1.82. The van der Waals surface area contributed by atoms with Gasteiger partial charge in [0.25, 0.3) is 0 Å². The molecule has 0 fully saturated rings. The summed E-state index contributed by atoms with van der Waals surface area (Å²) in [5.74, 6) is -0.282. The van der Waals surface area contributed by atoms with Gasteiger partial charge in [0.1, 0.15) is 10.8 Å². The topological polar surface area (TPSA) is 36.4 Å². The summed E-state index contributed by atoms with van der Waals surface area (Å²) < 4.78 is 13.3. The molecule has 0 saturated carbocycles. The van der Waals surface area contributed by atoms with Gasteiger partial charge in [0.05, 0.1) is 24.9 Å². The molecule has 0 amide bonds. The van der Waals surface area contributed by atoms with Gasteiger partial charge in [-0.2, -0.15) is 0 Å². The van der Waals surface area contributed by atoms with Crippen LogP contribution in [0.5, 0.6) is 0 Å². The molecule has 2 aromatic rings. The lowest BCUT2D eigenvalue weighted by Crippen LogP contribution is -2.27.